The van der Waals surface area contributed by atoms with Crippen LogP contribution in [0.15, 0.2) is 187 Å². The van der Waals surface area contributed by atoms with E-state index in [1.54, 1.807) is 0 Å². The minimum Gasteiger partial charge on any atom is -0.208 e. The fourth-order valence-corrected chi connectivity index (χ4v) is 7.43. The Hall–Kier alpha value is -6.10. The van der Waals surface area contributed by atoms with Crippen molar-refractivity contribution in [2.75, 3.05) is 5.75 Å². The van der Waals surface area contributed by atoms with E-state index in [4.69, 9.17) is 15.0 Å². The summed E-state index contributed by atoms with van der Waals surface area (Å²) in [6, 6.07) is 54.4. The second kappa shape index (κ2) is 14.2. The molecule has 1 aliphatic rings. The zero-order valence-electron chi connectivity index (χ0n) is 27.4. The van der Waals surface area contributed by atoms with Crippen molar-refractivity contribution in [2.45, 2.75) is 4.90 Å². The van der Waals surface area contributed by atoms with Crippen molar-refractivity contribution in [2.24, 2.45) is 0 Å². The van der Waals surface area contributed by atoms with Gasteiger partial charge in [-0.1, -0.05) is 176 Å². The quantitative estimate of drug-likeness (QED) is 0.152. The van der Waals surface area contributed by atoms with Crippen LogP contribution in [-0.4, -0.2) is 20.7 Å². The van der Waals surface area contributed by atoms with E-state index in [2.05, 4.69) is 122 Å². The Bertz CT molecular complexity index is 2300. The topological polar surface area (TPSA) is 38.7 Å². The molecule has 0 saturated heterocycles. The van der Waals surface area contributed by atoms with Crippen LogP contribution in [0.5, 0.6) is 0 Å². The number of benzene rings is 6. The van der Waals surface area contributed by atoms with Gasteiger partial charge in [-0.15, -0.1) is 11.8 Å². The maximum Gasteiger partial charge on any atom is 0.164 e. The average Bonchev–Trinajstić information content (AvgIpc) is 3.62. The maximum atomic E-state index is 4.86. The van der Waals surface area contributed by atoms with Gasteiger partial charge < -0.3 is 0 Å². The summed E-state index contributed by atoms with van der Waals surface area (Å²) < 4.78 is 0. The molecule has 0 saturated carbocycles. The summed E-state index contributed by atoms with van der Waals surface area (Å²) in [5.74, 6) is 2.88. The summed E-state index contributed by atoms with van der Waals surface area (Å²) in [5.41, 5.74) is 12.4. The molecular weight excluding hydrogens is 627 g/mol. The smallest absolute Gasteiger partial charge is 0.164 e. The number of nitrogens with zero attached hydrogens (tertiary/aromatic N) is 3. The Morgan fingerprint density at radius 1 is 0.500 bits per heavy atom. The van der Waals surface area contributed by atoms with Gasteiger partial charge in [0.2, 0.25) is 0 Å². The molecule has 2 heterocycles. The van der Waals surface area contributed by atoms with Gasteiger partial charge >= 0.3 is 0 Å². The lowest BCUT2D eigenvalue weighted by Gasteiger charge is -2.10. The molecule has 7 aromatic rings. The number of allylic oxidation sites excluding steroid dienone is 4. The second-order valence-corrected chi connectivity index (χ2v) is 13.1. The van der Waals surface area contributed by atoms with E-state index >= 15 is 0 Å². The molecule has 50 heavy (non-hydrogen) atoms. The molecule has 6 aromatic carbocycles. The number of thioether (sulfide) groups is 1. The van der Waals surface area contributed by atoms with Crippen LogP contribution in [-0.2, 0) is 0 Å². The highest BCUT2D eigenvalue weighted by Gasteiger charge is 2.20. The van der Waals surface area contributed by atoms with Crippen LogP contribution in [0.4, 0.5) is 0 Å². The first kappa shape index (κ1) is 31.2. The molecule has 0 bridgehead atoms. The molecule has 3 nitrogen and oxygen atoms in total. The third-order valence-electron chi connectivity index (χ3n) is 8.82. The van der Waals surface area contributed by atoms with Gasteiger partial charge in [0.05, 0.1) is 0 Å². The van der Waals surface area contributed by atoms with Crippen LogP contribution in [0.25, 0.3) is 67.6 Å². The number of rotatable bonds is 8. The highest BCUT2D eigenvalue weighted by atomic mass is 32.2. The van der Waals surface area contributed by atoms with Gasteiger partial charge in [0.1, 0.15) is 0 Å². The Kier molecular flexibility index (Phi) is 8.84. The van der Waals surface area contributed by atoms with Crippen molar-refractivity contribution in [3.63, 3.8) is 0 Å². The monoisotopic (exact) mass is 659 g/mol. The molecule has 238 valence electrons. The van der Waals surface area contributed by atoms with Gasteiger partial charge in [0, 0.05) is 27.3 Å². The zero-order valence-corrected chi connectivity index (χ0v) is 28.2. The summed E-state index contributed by atoms with van der Waals surface area (Å²) in [4.78, 5) is 15.9. The first-order valence-electron chi connectivity index (χ1n) is 16.7. The Morgan fingerprint density at radius 3 is 1.62 bits per heavy atom. The largest absolute Gasteiger partial charge is 0.208 e. The van der Waals surface area contributed by atoms with Crippen LogP contribution >= 0.6 is 11.8 Å². The number of hydrogen-bond acceptors (Lipinski definition) is 4. The van der Waals surface area contributed by atoms with Crippen LogP contribution in [0.1, 0.15) is 11.1 Å². The molecule has 0 atom stereocenters. The number of hydrogen-bond donors (Lipinski definition) is 0. The van der Waals surface area contributed by atoms with Gasteiger partial charge in [-0.3, -0.25) is 0 Å². The van der Waals surface area contributed by atoms with Gasteiger partial charge in [-0.2, -0.15) is 0 Å². The lowest BCUT2D eigenvalue weighted by Crippen LogP contribution is -2.00. The molecule has 8 rings (SSSR count). The molecular formula is C46H33N3S. The van der Waals surface area contributed by atoms with E-state index in [9.17, 15) is 0 Å². The molecule has 0 aliphatic carbocycles. The maximum absolute atomic E-state index is 4.86. The first-order valence-corrected chi connectivity index (χ1v) is 17.6. The van der Waals surface area contributed by atoms with Crippen molar-refractivity contribution in [3.05, 3.63) is 194 Å². The Labute approximate surface area is 297 Å². The number of fused-ring (bicyclic) bond motifs is 1. The van der Waals surface area contributed by atoms with Gasteiger partial charge in [0.15, 0.2) is 17.5 Å². The van der Waals surface area contributed by atoms with Crippen molar-refractivity contribution < 1.29 is 0 Å². The highest BCUT2D eigenvalue weighted by Crippen LogP contribution is 2.45. The van der Waals surface area contributed by atoms with Crippen molar-refractivity contribution in [1.82, 2.24) is 15.0 Å². The molecule has 0 unspecified atom stereocenters. The minimum atomic E-state index is 0.638. The summed E-state index contributed by atoms with van der Waals surface area (Å²) >= 11 is 1.91. The summed E-state index contributed by atoms with van der Waals surface area (Å²) in [6.07, 6.45) is 6.43. The summed E-state index contributed by atoms with van der Waals surface area (Å²) in [6.45, 7) is 4.37. The predicted molar refractivity (Wildman–Crippen MR) is 210 cm³/mol. The van der Waals surface area contributed by atoms with Gasteiger partial charge in [-0.25, -0.2) is 15.0 Å². The van der Waals surface area contributed by atoms with E-state index in [1.807, 2.05) is 72.4 Å². The van der Waals surface area contributed by atoms with Gasteiger partial charge in [-0.05, 0) is 50.6 Å². The zero-order chi connectivity index (χ0) is 33.7. The molecule has 4 heteroatoms. The third kappa shape index (κ3) is 6.62. The lowest BCUT2D eigenvalue weighted by molar-refractivity contribution is 1.07. The van der Waals surface area contributed by atoms with Crippen LogP contribution in [0.2, 0.25) is 0 Å². The van der Waals surface area contributed by atoms with Crippen LogP contribution < -0.4 is 0 Å². The van der Waals surface area contributed by atoms with E-state index in [0.29, 0.717) is 17.5 Å². The summed E-state index contributed by atoms with van der Waals surface area (Å²) in [7, 11) is 0. The highest BCUT2D eigenvalue weighted by molar-refractivity contribution is 8.00. The van der Waals surface area contributed by atoms with Crippen molar-refractivity contribution >= 4 is 22.9 Å². The van der Waals surface area contributed by atoms with E-state index in [-0.39, 0.29) is 0 Å². The van der Waals surface area contributed by atoms with E-state index < -0.39 is 0 Å². The fraction of sp³-hybridized carbons (Fsp3) is 0.0217. The number of aromatic nitrogens is 3. The average molecular weight is 660 g/mol. The normalized spacial score (nSPS) is 13.1. The van der Waals surface area contributed by atoms with Crippen LogP contribution in [0.3, 0.4) is 0 Å². The fourth-order valence-electron chi connectivity index (χ4n) is 6.18. The van der Waals surface area contributed by atoms with Gasteiger partial charge in [0.25, 0.3) is 0 Å². The SMILES string of the molecule is C=C(/C=C\C=C1/CSc2c1cccc2-c1cccc(-c2ccccc2)c1)c1ccc(-c2nc(-c3ccccc3)nc(-c3ccccc3)n2)cc1. The molecule has 0 radical (unpaired) electrons. The summed E-state index contributed by atoms with van der Waals surface area (Å²) in [5, 5.41) is 0. The molecule has 0 spiro atoms. The van der Waals surface area contributed by atoms with Crippen molar-refractivity contribution in [3.8, 4) is 56.4 Å². The van der Waals surface area contributed by atoms with Crippen molar-refractivity contribution in [1.29, 1.82) is 0 Å². The predicted octanol–water partition coefficient (Wildman–Crippen LogP) is 12.0. The molecule has 0 N–H and O–H groups in total. The molecule has 1 aliphatic heterocycles. The Balaban J connectivity index is 1.01. The Morgan fingerprint density at radius 2 is 1.00 bits per heavy atom. The first-order chi connectivity index (χ1) is 24.7. The lowest BCUT2D eigenvalue weighted by atomic mass is 9.96. The second-order valence-electron chi connectivity index (χ2n) is 12.1. The van der Waals surface area contributed by atoms with Crippen LogP contribution in [0, 0.1) is 0 Å². The molecule has 1 aromatic heterocycles. The molecule has 0 amide bonds. The standard InChI is InChI=1S/C46H33N3S/c1-32(14-11-23-40-31-50-43-41(24-13-25-42(40)43)39-22-12-21-38(30-39)34-15-5-2-6-16-34)33-26-28-37(29-27-33)46-48-44(35-17-7-3-8-18-35)47-45(49-46)36-19-9-4-10-20-36/h2-30H,1,31H2/b14-11-,40-23+. The minimum absolute atomic E-state index is 0.638. The molecule has 0 fully saturated rings. The third-order valence-corrected chi connectivity index (χ3v) is 10.0. The van der Waals surface area contributed by atoms with E-state index in [0.717, 1.165) is 33.6 Å². The van der Waals surface area contributed by atoms with E-state index in [1.165, 1.54) is 38.3 Å².